The van der Waals surface area contributed by atoms with Crippen molar-refractivity contribution in [3.8, 4) is 0 Å². The molecule has 8 nitrogen and oxygen atoms in total. The van der Waals surface area contributed by atoms with E-state index in [2.05, 4.69) is 10.6 Å². The third-order valence-electron chi connectivity index (χ3n) is 2.82. The summed E-state index contributed by atoms with van der Waals surface area (Å²) in [7, 11) is 1.44. The summed E-state index contributed by atoms with van der Waals surface area (Å²) in [6.45, 7) is 4.53. The molecule has 1 rings (SSSR count). The first-order chi connectivity index (χ1) is 11.6. The lowest BCUT2D eigenvalue weighted by Gasteiger charge is -2.23. The number of carbonyl (C=O) groups is 4. The summed E-state index contributed by atoms with van der Waals surface area (Å²) < 4.78 is 4.80. The molecule has 0 aromatic carbocycles. The van der Waals surface area contributed by atoms with E-state index in [9.17, 15) is 19.2 Å². The predicted molar refractivity (Wildman–Crippen MR) is 93.1 cm³/mol. The van der Waals surface area contributed by atoms with E-state index in [0.717, 1.165) is 0 Å². The Labute approximate surface area is 150 Å². The maximum absolute atomic E-state index is 11.9. The molecule has 0 aliphatic heterocycles. The minimum Gasteiger partial charge on any atom is -0.454 e. The third-order valence-corrected chi connectivity index (χ3v) is 3.68. The quantitative estimate of drug-likeness (QED) is 0.677. The molecule has 0 atom stereocenters. The molecule has 0 aliphatic rings. The summed E-state index contributed by atoms with van der Waals surface area (Å²) in [4.78, 5) is 48.5. The van der Waals surface area contributed by atoms with Crippen LogP contribution in [0.1, 0.15) is 30.4 Å². The minimum atomic E-state index is -0.731. The minimum absolute atomic E-state index is 0.136. The van der Waals surface area contributed by atoms with Gasteiger partial charge in [0.25, 0.3) is 11.8 Å². The lowest BCUT2D eigenvalue weighted by molar-refractivity contribution is -0.151. The highest BCUT2D eigenvalue weighted by molar-refractivity contribution is 7.12. The number of esters is 1. The molecular formula is C16H23N3O5S. The average molecular weight is 369 g/mol. The molecule has 0 saturated carbocycles. The fourth-order valence-electron chi connectivity index (χ4n) is 1.71. The normalized spacial score (nSPS) is 10.7. The number of carbonyl (C=O) groups excluding carboxylic acids is 4. The van der Waals surface area contributed by atoms with Crippen molar-refractivity contribution in [2.45, 2.75) is 26.3 Å². The van der Waals surface area contributed by atoms with Crippen molar-refractivity contribution < 1.29 is 23.9 Å². The van der Waals surface area contributed by atoms with E-state index in [1.165, 1.54) is 23.3 Å². The molecule has 25 heavy (non-hydrogen) atoms. The number of hydrogen-bond acceptors (Lipinski definition) is 6. The molecule has 1 aromatic heterocycles. The zero-order chi connectivity index (χ0) is 19.0. The maximum atomic E-state index is 11.9. The first-order valence-electron chi connectivity index (χ1n) is 7.61. The van der Waals surface area contributed by atoms with Crippen molar-refractivity contribution in [2.75, 3.05) is 26.7 Å². The van der Waals surface area contributed by atoms with E-state index in [0.29, 0.717) is 4.88 Å². The summed E-state index contributed by atoms with van der Waals surface area (Å²) in [6.07, 6.45) is 0. The van der Waals surface area contributed by atoms with Crippen molar-refractivity contribution >= 4 is 35.0 Å². The summed E-state index contributed by atoms with van der Waals surface area (Å²) in [5.41, 5.74) is -0.395. The van der Waals surface area contributed by atoms with Gasteiger partial charge in [0.05, 0.1) is 11.4 Å². The van der Waals surface area contributed by atoms with Gasteiger partial charge in [0.15, 0.2) is 6.61 Å². The van der Waals surface area contributed by atoms with Crippen LogP contribution in [0.3, 0.4) is 0 Å². The van der Waals surface area contributed by atoms with Crippen LogP contribution in [-0.2, 0) is 19.1 Å². The number of likely N-dealkylation sites (N-methyl/N-ethyl adjacent to an activating group) is 1. The fraction of sp³-hybridized carbons (Fsp3) is 0.500. The largest absolute Gasteiger partial charge is 0.454 e. The van der Waals surface area contributed by atoms with Crippen molar-refractivity contribution in [1.82, 2.24) is 15.5 Å². The number of nitrogens with zero attached hydrogens (tertiary/aromatic N) is 1. The first kappa shape index (κ1) is 20.6. The van der Waals surface area contributed by atoms with Crippen molar-refractivity contribution in [3.05, 3.63) is 22.4 Å². The molecule has 0 bridgehead atoms. The van der Waals surface area contributed by atoms with Gasteiger partial charge in [-0.3, -0.25) is 19.2 Å². The van der Waals surface area contributed by atoms with Crippen LogP contribution in [0, 0.1) is 0 Å². The van der Waals surface area contributed by atoms with Crippen LogP contribution < -0.4 is 10.6 Å². The third kappa shape index (κ3) is 8.30. The van der Waals surface area contributed by atoms with E-state index >= 15 is 0 Å². The van der Waals surface area contributed by atoms with Gasteiger partial charge in [-0.1, -0.05) is 6.07 Å². The molecule has 2 N–H and O–H groups in total. The van der Waals surface area contributed by atoms with Gasteiger partial charge in [-0.15, -0.1) is 11.3 Å². The maximum Gasteiger partial charge on any atom is 0.325 e. The lowest BCUT2D eigenvalue weighted by atomic mass is 10.1. The van der Waals surface area contributed by atoms with Crippen LogP contribution in [0.25, 0.3) is 0 Å². The summed E-state index contributed by atoms with van der Waals surface area (Å²) in [5.74, 6) is -1.93. The second kappa shape index (κ2) is 9.16. The first-order valence-corrected chi connectivity index (χ1v) is 8.49. The van der Waals surface area contributed by atoms with Gasteiger partial charge in [-0.25, -0.2) is 0 Å². The highest BCUT2D eigenvalue weighted by Crippen LogP contribution is 2.07. The second-order valence-electron chi connectivity index (χ2n) is 6.37. The van der Waals surface area contributed by atoms with Gasteiger partial charge >= 0.3 is 5.97 Å². The molecule has 0 unspecified atom stereocenters. The number of thiophene rings is 1. The van der Waals surface area contributed by atoms with Gasteiger partial charge in [0.1, 0.15) is 6.54 Å². The summed E-state index contributed by atoms with van der Waals surface area (Å²) >= 11 is 1.25. The molecule has 138 valence electrons. The Hall–Kier alpha value is -2.42. The van der Waals surface area contributed by atoms with Crippen LogP contribution in [-0.4, -0.2) is 60.9 Å². The Morgan fingerprint density at radius 3 is 2.48 bits per heavy atom. The van der Waals surface area contributed by atoms with E-state index in [1.54, 1.807) is 17.5 Å². The van der Waals surface area contributed by atoms with Crippen LogP contribution in [0.5, 0.6) is 0 Å². The monoisotopic (exact) mass is 369 g/mol. The van der Waals surface area contributed by atoms with E-state index < -0.39 is 24.0 Å². The average Bonchev–Trinajstić information content (AvgIpc) is 3.02. The van der Waals surface area contributed by atoms with Crippen LogP contribution in [0.15, 0.2) is 17.5 Å². The smallest absolute Gasteiger partial charge is 0.325 e. The summed E-state index contributed by atoms with van der Waals surface area (Å²) in [5, 5.41) is 6.88. The van der Waals surface area contributed by atoms with E-state index in [-0.39, 0.29) is 24.9 Å². The Morgan fingerprint density at radius 2 is 1.92 bits per heavy atom. The van der Waals surface area contributed by atoms with Crippen molar-refractivity contribution in [2.24, 2.45) is 0 Å². The van der Waals surface area contributed by atoms with Gasteiger partial charge in [0, 0.05) is 12.6 Å². The molecule has 0 aliphatic carbocycles. The second-order valence-corrected chi connectivity index (χ2v) is 7.32. The molecule has 3 amide bonds. The van der Waals surface area contributed by atoms with Gasteiger partial charge < -0.3 is 20.3 Å². The Morgan fingerprint density at radius 1 is 1.24 bits per heavy atom. The summed E-state index contributed by atoms with van der Waals surface area (Å²) in [6, 6.07) is 3.36. The van der Waals surface area contributed by atoms with E-state index in [1.807, 2.05) is 20.8 Å². The SMILES string of the molecule is CN(CC(=O)NC(C)(C)C)C(=O)COC(=O)CNC(=O)c1cccs1. The van der Waals surface area contributed by atoms with Gasteiger partial charge in [0.2, 0.25) is 5.91 Å². The van der Waals surface area contributed by atoms with Crippen molar-refractivity contribution in [3.63, 3.8) is 0 Å². The topological polar surface area (TPSA) is 105 Å². The number of ether oxygens (including phenoxy) is 1. The standard InChI is InChI=1S/C16H23N3O5S/c1-16(2,3)18-12(20)9-19(4)13(21)10-24-14(22)8-17-15(23)11-6-5-7-25-11/h5-7H,8-10H2,1-4H3,(H,17,23)(H,18,20). The highest BCUT2D eigenvalue weighted by atomic mass is 32.1. The molecular weight excluding hydrogens is 346 g/mol. The number of nitrogens with one attached hydrogen (secondary N) is 2. The van der Waals surface area contributed by atoms with Crippen LogP contribution in [0.4, 0.5) is 0 Å². The van der Waals surface area contributed by atoms with Gasteiger partial charge in [-0.05, 0) is 32.2 Å². The number of rotatable bonds is 7. The molecule has 1 aromatic rings. The highest BCUT2D eigenvalue weighted by Gasteiger charge is 2.19. The number of amides is 3. The lowest BCUT2D eigenvalue weighted by Crippen LogP contribution is -2.47. The van der Waals surface area contributed by atoms with Crippen molar-refractivity contribution in [1.29, 1.82) is 0 Å². The molecule has 9 heteroatoms. The molecule has 1 heterocycles. The fourth-order valence-corrected chi connectivity index (χ4v) is 2.35. The Balaban J connectivity index is 2.29. The van der Waals surface area contributed by atoms with E-state index in [4.69, 9.17) is 4.74 Å². The molecule has 0 saturated heterocycles. The molecule has 0 fully saturated rings. The van der Waals surface area contributed by atoms with Gasteiger partial charge in [-0.2, -0.15) is 0 Å². The molecule has 0 spiro atoms. The zero-order valence-corrected chi connectivity index (χ0v) is 15.6. The Bertz CT molecular complexity index is 622. The predicted octanol–water partition coefficient (Wildman–Crippen LogP) is 0.394. The molecule has 0 radical (unpaired) electrons. The Kier molecular flexibility index (Phi) is 7.56. The number of hydrogen-bond donors (Lipinski definition) is 2. The van der Waals surface area contributed by atoms with Crippen LogP contribution in [0.2, 0.25) is 0 Å². The zero-order valence-electron chi connectivity index (χ0n) is 14.8. The van der Waals surface area contributed by atoms with Crippen LogP contribution >= 0.6 is 11.3 Å².